The van der Waals surface area contributed by atoms with Crippen molar-refractivity contribution in [3.05, 3.63) is 86.6 Å². The molecule has 1 N–H and O–H groups in total. The molecule has 0 saturated heterocycles. The Kier molecular flexibility index (Phi) is 6.75. The molecule has 3 rings (SSSR count). The van der Waals surface area contributed by atoms with Crippen LogP contribution in [0.2, 0.25) is 0 Å². The molecule has 0 bridgehead atoms. The minimum Gasteiger partial charge on any atom is -0.489 e. The summed E-state index contributed by atoms with van der Waals surface area (Å²) in [7, 11) is 0. The van der Waals surface area contributed by atoms with E-state index >= 15 is 0 Å². The summed E-state index contributed by atoms with van der Waals surface area (Å²) in [6.07, 6.45) is 0. The molecule has 3 aromatic rings. The summed E-state index contributed by atoms with van der Waals surface area (Å²) >= 11 is 1.45. The topological polar surface area (TPSA) is 38.3 Å². The summed E-state index contributed by atoms with van der Waals surface area (Å²) in [5, 5.41) is 5.09. The van der Waals surface area contributed by atoms with E-state index in [4.69, 9.17) is 4.74 Å². The first-order valence-corrected chi connectivity index (χ1v) is 10.9. The van der Waals surface area contributed by atoms with Gasteiger partial charge in [-0.25, -0.2) is 0 Å². The molecular formula is C25H29NO2S. The van der Waals surface area contributed by atoms with Crippen molar-refractivity contribution in [3.8, 4) is 5.75 Å². The van der Waals surface area contributed by atoms with Crippen molar-refractivity contribution in [2.45, 2.75) is 53.2 Å². The molecule has 1 heterocycles. The van der Waals surface area contributed by atoms with Crippen molar-refractivity contribution in [1.29, 1.82) is 0 Å². The first-order valence-electron chi connectivity index (χ1n) is 10.0. The van der Waals surface area contributed by atoms with Crippen LogP contribution in [-0.2, 0) is 6.61 Å². The van der Waals surface area contributed by atoms with Gasteiger partial charge in [0, 0.05) is 5.56 Å². The van der Waals surface area contributed by atoms with Gasteiger partial charge in [0.1, 0.15) is 12.4 Å². The second-order valence-corrected chi connectivity index (χ2v) is 8.80. The molecule has 2 aromatic carbocycles. The van der Waals surface area contributed by atoms with Crippen molar-refractivity contribution in [2.75, 3.05) is 0 Å². The van der Waals surface area contributed by atoms with Gasteiger partial charge in [-0.05, 0) is 67.0 Å². The predicted molar refractivity (Wildman–Crippen MR) is 121 cm³/mol. The smallest absolute Gasteiger partial charge is 0.261 e. The number of thiophene rings is 1. The van der Waals surface area contributed by atoms with Gasteiger partial charge in [0.25, 0.3) is 5.91 Å². The third-order valence-electron chi connectivity index (χ3n) is 5.07. The molecule has 0 spiro atoms. The number of nitrogens with one attached hydrogen (secondary N) is 1. The molecule has 1 unspecified atom stereocenters. The highest BCUT2D eigenvalue weighted by Gasteiger charge is 2.15. The molecule has 3 nitrogen and oxygen atoms in total. The van der Waals surface area contributed by atoms with Gasteiger partial charge in [-0.15, -0.1) is 11.3 Å². The average Bonchev–Trinajstić information content (AvgIpc) is 3.15. The summed E-state index contributed by atoms with van der Waals surface area (Å²) in [5.41, 5.74) is 5.87. The fraction of sp³-hybridized carbons (Fsp3) is 0.320. The molecule has 0 aliphatic rings. The lowest BCUT2D eigenvalue weighted by Gasteiger charge is -2.16. The summed E-state index contributed by atoms with van der Waals surface area (Å²) in [6.45, 7) is 11.0. The van der Waals surface area contributed by atoms with Crippen LogP contribution in [0.5, 0.6) is 5.75 Å². The van der Waals surface area contributed by atoms with Crippen LogP contribution in [0, 0.1) is 13.8 Å². The molecular weight excluding hydrogens is 378 g/mol. The van der Waals surface area contributed by atoms with Crippen LogP contribution < -0.4 is 10.1 Å². The Morgan fingerprint density at radius 3 is 2.41 bits per heavy atom. The highest BCUT2D eigenvalue weighted by atomic mass is 32.1. The minimum absolute atomic E-state index is 0.0376. The lowest BCUT2D eigenvalue weighted by Crippen LogP contribution is -2.26. The summed E-state index contributed by atoms with van der Waals surface area (Å²) in [4.78, 5) is 13.4. The van der Waals surface area contributed by atoms with Gasteiger partial charge in [0.05, 0.1) is 10.9 Å². The first kappa shape index (κ1) is 21.1. The molecule has 0 aliphatic heterocycles. The molecule has 1 aromatic heterocycles. The number of carbonyl (C=O) groups is 1. The zero-order chi connectivity index (χ0) is 21.0. The SMILES string of the molecule is Cc1ccc(C(C)NC(=O)c2cc(COc3ccc(C(C)C)cc3)cs2)c(C)c1. The molecule has 0 aliphatic carbocycles. The summed E-state index contributed by atoms with van der Waals surface area (Å²) < 4.78 is 5.87. The van der Waals surface area contributed by atoms with Crippen molar-refractivity contribution in [1.82, 2.24) is 5.32 Å². The Labute approximate surface area is 177 Å². The fourth-order valence-corrected chi connectivity index (χ4v) is 4.14. The van der Waals surface area contributed by atoms with Gasteiger partial charge in [-0.3, -0.25) is 4.79 Å². The van der Waals surface area contributed by atoms with Crippen molar-refractivity contribution in [3.63, 3.8) is 0 Å². The van der Waals surface area contributed by atoms with Crippen LogP contribution in [0.25, 0.3) is 0 Å². The van der Waals surface area contributed by atoms with Crippen LogP contribution in [0.4, 0.5) is 0 Å². The fourth-order valence-electron chi connectivity index (χ4n) is 3.34. The van der Waals surface area contributed by atoms with E-state index in [1.807, 2.05) is 30.5 Å². The quantitative estimate of drug-likeness (QED) is 0.482. The second-order valence-electron chi connectivity index (χ2n) is 7.89. The van der Waals surface area contributed by atoms with E-state index in [9.17, 15) is 4.79 Å². The van der Waals surface area contributed by atoms with Gasteiger partial charge in [0.15, 0.2) is 0 Å². The van der Waals surface area contributed by atoms with Gasteiger partial charge < -0.3 is 10.1 Å². The number of hydrogen-bond acceptors (Lipinski definition) is 3. The maximum atomic E-state index is 12.7. The van der Waals surface area contributed by atoms with E-state index in [1.54, 1.807) is 0 Å². The second kappa shape index (κ2) is 9.27. The van der Waals surface area contributed by atoms with E-state index in [2.05, 4.69) is 63.3 Å². The van der Waals surface area contributed by atoms with Crippen LogP contribution >= 0.6 is 11.3 Å². The highest BCUT2D eigenvalue weighted by molar-refractivity contribution is 7.12. The minimum atomic E-state index is -0.0463. The lowest BCUT2D eigenvalue weighted by atomic mass is 10.0. The van der Waals surface area contributed by atoms with E-state index in [1.165, 1.54) is 28.0 Å². The van der Waals surface area contributed by atoms with Crippen molar-refractivity contribution in [2.24, 2.45) is 0 Å². The van der Waals surface area contributed by atoms with E-state index in [0.717, 1.165) is 16.9 Å². The third-order valence-corrected chi connectivity index (χ3v) is 6.05. The van der Waals surface area contributed by atoms with Crippen LogP contribution in [0.1, 0.15) is 70.2 Å². The molecule has 0 fully saturated rings. The Hall–Kier alpha value is -2.59. The standard InChI is InChI=1S/C25H29NO2S/c1-16(2)21-7-9-22(10-8-21)28-14-20-13-24(29-15-20)25(27)26-19(5)23-11-6-17(3)12-18(23)4/h6-13,15-16,19H,14H2,1-5H3,(H,26,27). The normalized spacial score (nSPS) is 12.1. The number of aryl methyl sites for hydroxylation is 2. The Balaban J connectivity index is 1.58. The molecule has 29 heavy (non-hydrogen) atoms. The van der Waals surface area contributed by atoms with E-state index < -0.39 is 0 Å². The zero-order valence-corrected chi connectivity index (χ0v) is 18.6. The van der Waals surface area contributed by atoms with Crippen LogP contribution in [0.3, 0.4) is 0 Å². The monoisotopic (exact) mass is 407 g/mol. The largest absolute Gasteiger partial charge is 0.489 e. The molecule has 1 amide bonds. The number of rotatable bonds is 7. The number of carbonyl (C=O) groups excluding carboxylic acids is 1. The molecule has 0 saturated carbocycles. The summed E-state index contributed by atoms with van der Waals surface area (Å²) in [6, 6.07) is 16.4. The molecule has 152 valence electrons. The molecule has 1 atom stereocenters. The number of hydrogen-bond donors (Lipinski definition) is 1. The first-order chi connectivity index (χ1) is 13.8. The Morgan fingerprint density at radius 2 is 1.76 bits per heavy atom. The van der Waals surface area contributed by atoms with Crippen LogP contribution in [-0.4, -0.2) is 5.91 Å². The average molecular weight is 408 g/mol. The number of ether oxygens (including phenoxy) is 1. The van der Waals surface area contributed by atoms with Crippen molar-refractivity contribution >= 4 is 17.2 Å². The maximum Gasteiger partial charge on any atom is 0.261 e. The van der Waals surface area contributed by atoms with Gasteiger partial charge >= 0.3 is 0 Å². The maximum absolute atomic E-state index is 12.7. The predicted octanol–water partition coefficient (Wildman–Crippen LogP) is 6.56. The third kappa shape index (κ3) is 5.48. The molecule has 0 radical (unpaired) electrons. The summed E-state index contributed by atoms with van der Waals surface area (Å²) in [5.74, 6) is 1.30. The lowest BCUT2D eigenvalue weighted by molar-refractivity contribution is 0.0944. The van der Waals surface area contributed by atoms with Gasteiger partial charge in [0.2, 0.25) is 0 Å². The number of amides is 1. The van der Waals surface area contributed by atoms with E-state index in [-0.39, 0.29) is 11.9 Å². The Morgan fingerprint density at radius 1 is 1.03 bits per heavy atom. The van der Waals surface area contributed by atoms with E-state index in [0.29, 0.717) is 17.4 Å². The molecule has 4 heteroatoms. The van der Waals surface area contributed by atoms with Gasteiger partial charge in [-0.1, -0.05) is 49.7 Å². The number of benzene rings is 2. The van der Waals surface area contributed by atoms with Crippen molar-refractivity contribution < 1.29 is 9.53 Å². The Bertz CT molecular complexity index is 973. The van der Waals surface area contributed by atoms with Crippen LogP contribution in [0.15, 0.2) is 53.9 Å². The van der Waals surface area contributed by atoms with Gasteiger partial charge in [-0.2, -0.15) is 0 Å². The zero-order valence-electron chi connectivity index (χ0n) is 17.8. The highest BCUT2D eigenvalue weighted by Crippen LogP contribution is 2.23.